The lowest BCUT2D eigenvalue weighted by atomic mass is 10.0. The Bertz CT molecular complexity index is 675. The van der Waals surface area contributed by atoms with Gasteiger partial charge in [-0.05, 0) is 51.4 Å². The van der Waals surface area contributed by atoms with E-state index >= 15 is 0 Å². The summed E-state index contributed by atoms with van der Waals surface area (Å²) in [5.41, 5.74) is 1.14. The minimum absolute atomic E-state index is 0.0193. The smallest absolute Gasteiger partial charge is 0.262 e. The van der Waals surface area contributed by atoms with Crippen molar-refractivity contribution < 1.29 is 14.3 Å². The van der Waals surface area contributed by atoms with Crippen LogP contribution in [0.3, 0.4) is 0 Å². The number of amides is 2. The van der Waals surface area contributed by atoms with Gasteiger partial charge >= 0.3 is 0 Å². The minimum atomic E-state index is -0.182. The van der Waals surface area contributed by atoms with Gasteiger partial charge < -0.3 is 19.9 Å². The van der Waals surface area contributed by atoms with Gasteiger partial charge in [-0.1, -0.05) is 6.07 Å². The summed E-state index contributed by atoms with van der Waals surface area (Å²) in [4.78, 5) is 29.1. The molecule has 24 heavy (non-hydrogen) atoms. The molecular weight excluding hydrogens is 306 g/mol. The molecule has 1 N–H and O–H groups in total. The number of anilines is 1. The number of para-hydroxylation sites is 1. The highest BCUT2D eigenvalue weighted by atomic mass is 16.5. The van der Waals surface area contributed by atoms with Crippen molar-refractivity contribution in [2.45, 2.75) is 37.8 Å². The normalized spacial score (nSPS) is 26.9. The number of hydrogen-bond donors (Lipinski definition) is 1. The molecule has 2 amide bonds. The first-order valence-electron chi connectivity index (χ1n) is 8.72. The van der Waals surface area contributed by atoms with Crippen LogP contribution in [-0.4, -0.2) is 60.4 Å². The van der Waals surface area contributed by atoms with Gasteiger partial charge in [0.1, 0.15) is 0 Å². The summed E-state index contributed by atoms with van der Waals surface area (Å²) in [5, 5.41) is 2.78. The second-order valence-electron chi connectivity index (χ2n) is 6.92. The number of benzene rings is 1. The average molecular weight is 329 g/mol. The van der Waals surface area contributed by atoms with Gasteiger partial charge in [0.25, 0.3) is 11.8 Å². The molecular formula is C18H23N3O3. The lowest BCUT2D eigenvalue weighted by Crippen LogP contribution is -2.47. The summed E-state index contributed by atoms with van der Waals surface area (Å²) in [6.07, 6.45) is 4.47. The summed E-state index contributed by atoms with van der Waals surface area (Å²) in [6.45, 7) is 1.87. The molecule has 2 fully saturated rings. The van der Waals surface area contributed by atoms with Crippen LogP contribution in [0.4, 0.5) is 5.69 Å². The zero-order valence-electron chi connectivity index (χ0n) is 14.0. The van der Waals surface area contributed by atoms with Crippen LogP contribution in [-0.2, 0) is 4.79 Å². The lowest BCUT2D eigenvalue weighted by Gasteiger charge is -2.34. The predicted octanol–water partition coefficient (Wildman–Crippen LogP) is 1.72. The quantitative estimate of drug-likeness (QED) is 0.897. The van der Waals surface area contributed by atoms with Gasteiger partial charge in [0.2, 0.25) is 0 Å². The van der Waals surface area contributed by atoms with Gasteiger partial charge in [-0.2, -0.15) is 0 Å². The Morgan fingerprint density at radius 2 is 2.00 bits per heavy atom. The van der Waals surface area contributed by atoms with Crippen molar-refractivity contribution in [3.05, 3.63) is 23.8 Å². The van der Waals surface area contributed by atoms with Crippen LogP contribution in [0.25, 0.3) is 0 Å². The Labute approximate surface area is 141 Å². The SMILES string of the molecule is CN1CCCC1C1CCCN1C(=O)c1cccc2c1OCC(=O)N2. The summed E-state index contributed by atoms with van der Waals surface area (Å²) in [7, 11) is 2.15. The van der Waals surface area contributed by atoms with Crippen LogP contribution in [0, 0.1) is 0 Å². The summed E-state index contributed by atoms with van der Waals surface area (Å²) in [6, 6.07) is 6.10. The molecule has 1 aromatic rings. The van der Waals surface area contributed by atoms with Gasteiger partial charge in [0.15, 0.2) is 12.4 Å². The van der Waals surface area contributed by atoms with Gasteiger partial charge in [-0.25, -0.2) is 0 Å². The number of likely N-dealkylation sites (tertiary alicyclic amines) is 2. The van der Waals surface area contributed by atoms with Crippen molar-refractivity contribution in [1.29, 1.82) is 0 Å². The lowest BCUT2D eigenvalue weighted by molar-refractivity contribution is -0.118. The first-order valence-corrected chi connectivity index (χ1v) is 8.72. The second kappa shape index (κ2) is 6.09. The van der Waals surface area contributed by atoms with E-state index in [2.05, 4.69) is 17.3 Å². The van der Waals surface area contributed by atoms with Crippen molar-refractivity contribution in [2.75, 3.05) is 32.1 Å². The van der Waals surface area contributed by atoms with E-state index in [1.807, 2.05) is 4.90 Å². The van der Waals surface area contributed by atoms with E-state index in [0.29, 0.717) is 23.0 Å². The van der Waals surface area contributed by atoms with E-state index in [9.17, 15) is 9.59 Å². The van der Waals surface area contributed by atoms with Gasteiger partial charge in [-0.3, -0.25) is 9.59 Å². The molecule has 0 aromatic heterocycles. The first-order chi connectivity index (χ1) is 11.6. The molecule has 0 aliphatic carbocycles. The number of carbonyl (C=O) groups is 2. The number of carbonyl (C=O) groups excluding carboxylic acids is 2. The number of ether oxygens (including phenoxy) is 1. The van der Waals surface area contributed by atoms with E-state index in [0.717, 1.165) is 32.4 Å². The highest BCUT2D eigenvalue weighted by Crippen LogP contribution is 2.35. The van der Waals surface area contributed by atoms with E-state index in [1.165, 1.54) is 6.42 Å². The number of nitrogens with zero attached hydrogens (tertiary/aromatic N) is 2. The Balaban J connectivity index is 1.62. The number of rotatable bonds is 2. The van der Waals surface area contributed by atoms with Crippen LogP contribution >= 0.6 is 0 Å². The van der Waals surface area contributed by atoms with Gasteiger partial charge in [0, 0.05) is 18.6 Å². The highest BCUT2D eigenvalue weighted by Gasteiger charge is 2.39. The number of hydrogen-bond acceptors (Lipinski definition) is 4. The maximum absolute atomic E-state index is 13.2. The largest absolute Gasteiger partial charge is 0.481 e. The predicted molar refractivity (Wildman–Crippen MR) is 90.3 cm³/mol. The maximum Gasteiger partial charge on any atom is 0.262 e. The van der Waals surface area contributed by atoms with E-state index in [4.69, 9.17) is 4.74 Å². The van der Waals surface area contributed by atoms with E-state index in [1.54, 1.807) is 18.2 Å². The zero-order chi connectivity index (χ0) is 16.7. The molecule has 1 aromatic carbocycles. The van der Waals surface area contributed by atoms with Crippen LogP contribution in [0.2, 0.25) is 0 Å². The third-order valence-corrected chi connectivity index (χ3v) is 5.45. The summed E-state index contributed by atoms with van der Waals surface area (Å²) >= 11 is 0. The monoisotopic (exact) mass is 329 g/mol. The Morgan fingerprint density at radius 1 is 1.21 bits per heavy atom. The third-order valence-electron chi connectivity index (χ3n) is 5.45. The molecule has 0 saturated carbocycles. The van der Waals surface area contributed by atoms with Crippen molar-refractivity contribution >= 4 is 17.5 Å². The summed E-state index contributed by atoms with van der Waals surface area (Å²) < 4.78 is 5.56. The Kier molecular flexibility index (Phi) is 3.92. The fraction of sp³-hybridized carbons (Fsp3) is 0.556. The zero-order valence-corrected chi connectivity index (χ0v) is 14.0. The van der Waals surface area contributed by atoms with E-state index in [-0.39, 0.29) is 24.5 Å². The van der Waals surface area contributed by atoms with Crippen molar-refractivity contribution in [3.8, 4) is 5.75 Å². The summed E-state index contributed by atoms with van der Waals surface area (Å²) in [5.74, 6) is 0.344. The molecule has 2 saturated heterocycles. The van der Waals surface area contributed by atoms with Gasteiger partial charge in [-0.15, -0.1) is 0 Å². The van der Waals surface area contributed by atoms with Crippen molar-refractivity contribution in [1.82, 2.24) is 9.80 Å². The Morgan fingerprint density at radius 3 is 2.79 bits per heavy atom. The van der Waals surface area contributed by atoms with Crippen LogP contribution in [0.15, 0.2) is 18.2 Å². The Hall–Kier alpha value is -2.08. The average Bonchev–Trinajstić information content (AvgIpc) is 3.21. The highest BCUT2D eigenvalue weighted by molar-refractivity contribution is 6.03. The first kappa shape index (κ1) is 15.4. The van der Waals surface area contributed by atoms with Gasteiger partial charge in [0.05, 0.1) is 11.3 Å². The standard InChI is InChI=1S/C18H23N3O3/c1-20-9-3-7-14(20)15-8-4-10-21(15)18(23)12-5-2-6-13-17(12)24-11-16(22)19-13/h2,5-6,14-15H,3-4,7-11H2,1H3,(H,19,22). The molecule has 2 unspecified atom stereocenters. The molecule has 0 radical (unpaired) electrons. The molecule has 4 rings (SSSR count). The topological polar surface area (TPSA) is 61.9 Å². The third kappa shape index (κ3) is 2.55. The molecule has 3 heterocycles. The molecule has 3 aliphatic heterocycles. The molecule has 6 nitrogen and oxygen atoms in total. The fourth-order valence-corrected chi connectivity index (χ4v) is 4.30. The number of fused-ring (bicyclic) bond motifs is 1. The molecule has 0 spiro atoms. The van der Waals surface area contributed by atoms with E-state index < -0.39 is 0 Å². The molecule has 2 atom stereocenters. The fourth-order valence-electron chi connectivity index (χ4n) is 4.30. The molecule has 3 aliphatic rings. The van der Waals surface area contributed by atoms with Crippen LogP contribution in [0.1, 0.15) is 36.0 Å². The maximum atomic E-state index is 13.2. The second-order valence-corrected chi connectivity index (χ2v) is 6.92. The van der Waals surface area contributed by atoms with Crippen LogP contribution < -0.4 is 10.1 Å². The van der Waals surface area contributed by atoms with Crippen molar-refractivity contribution in [3.63, 3.8) is 0 Å². The minimum Gasteiger partial charge on any atom is -0.481 e. The number of likely N-dealkylation sites (N-methyl/N-ethyl adjacent to an activating group) is 1. The molecule has 0 bridgehead atoms. The molecule has 6 heteroatoms. The van der Waals surface area contributed by atoms with Crippen LogP contribution in [0.5, 0.6) is 5.75 Å². The van der Waals surface area contributed by atoms with Crippen molar-refractivity contribution in [2.24, 2.45) is 0 Å². The number of nitrogens with one attached hydrogen (secondary N) is 1. The molecule has 128 valence electrons.